The number of benzene rings is 1. The van der Waals surface area contributed by atoms with Gasteiger partial charge in [0, 0.05) is 17.7 Å². The van der Waals surface area contributed by atoms with E-state index in [4.69, 9.17) is 4.42 Å². The minimum atomic E-state index is 0.513. The molecule has 2 aromatic heterocycles. The second kappa shape index (κ2) is 6.12. The van der Waals surface area contributed by atoms with Gasteiger partial charge >= 0.3 is 0 Å². The monoisotopic (exact) mass is 306 g/mol. The van der Waals surface area contributed by atoms with E-state index < -0.39 is 0 Å². The summed E-state index contributed by atoms with van der Waals surface area (Å²) in [5, 5.41) is 6.68. The molecule has 2 heterocycles. The Morgan fingerprint density at radius 3 is 2.65 bits per heavy atom. The number of anilines is 2. The SMILES string of the molecule is c1ccc(-c2cc(NCc3ccco3)nc(NC3CC3)n2)cc1. The first-order chi connectivity index (χ1) is 11.4. The van der Waals surface area contributed by atoms with Gasteiger partial charge in [-0.15, -0.1) is 0 Å². The number of aromatic nitrogens is 2. The van der Waals surface area contributed by atoms with E-state index in [1.807, 2.05) is 36.4 Å². The Morgan fingerprint density at radius 2 is 1.91 bits per heavy atom. The Labute approximate surface area is 134 Å². The quantitative estimate of drug-likeness (QED) is 0.722. The van der Waals surface area contributed by atoms with Gasteiger partial charge < -0.3 is 15.1 Å². The first kappa shape index (κ1) is 13.8. The summed E-state index contributed by atoms with van der Waals surface area (Å²) in [6.07, 6.45) is 4.05. The van der Waals surface area contributed by atoms with Crippen LogP contribution in [-0.4, -0.2) is 16.0 Å². The van der Waals surface area contributed by atoms with Crippen molar-refractivity contribution in [2.24, 2.45) is 0 Å². The highest BCUT2D eigenvalue weighted by molar-refractivity contribution is 5.64. The zero-order valence-electron chi connectivity index (χ0n) is 12.7. The maximum atomic E-state index is 5.35. The van der Waals surface area contributed by atoms with E-state index in [0.29, 0.717) is 18.5 Å². The first-order valence-electron chi connectivity index (χ1n) is 7.84. The predicted octanol–water partition coefficient (Wildman–Crippen LogP) is 3.92. The van der Waals surface area contributed by atoms with Gasteiger partial charge in [0.05, 0.1) is 18.5 Å². The molecule has 4 rings (SSSR count). The molecule has 1 saturated carbocycles. The number of hydrogen-bond donors (Lipinski definition) is 2. The number of nitrogens with zero attached hydrogens (tertiary/aromatic N) is 2. The van der Waals surface area contributed by atoms with E-state index in [0.717, 1.165) is 22.8 Å². The van der Waals surface area contributed by atoms with Crippen LogP contribution in [0.15, 0.2) is 59.2 Å². The van der Waals surface area contributed by atoms with Gasteiger partial charge in [0.15, 0.2) is 0 Å². The summed E-state index contributed by atoms with van der Waals surface area (Å²) in [6.45, 7) is 0.598. The summed E-state index contributed by atoms with van der Waals surface area (Å²) in [7, 11) is 0. The van der Waals surface area contributed by atoms with Gasteiger partial charge in [0.1, 0.15) is 11.6 Å². The fraction of sp³-hybridized carbons (Fsp3) is 0.222. The third-order valence-electron chi connectivity index (χ3n) is 3.73. The fourth-order valence-electron chi connectivity index (χ4n) is 2.36. The molecule has 0 bridgehead atoms. The van der Waals surface area contributed by atoms with Crippen LogP contribution < -0.4 is 10.6 Å². The average Bonchev–Trinajstić information content (AvgIpc) is 3.25. The van der Waals surface area contributed by atoms with Gasteiger partial charge in [-0.25, -0.2) is 4.98 Å². The maximum absolute atomic E-state index is 5.35. The van der Waals surface area contributed by atoms with Crippen molar-refractivity contribution >= 4 is 11.8 Å². The Balaban J connectivity index is 1.61. The van der Waals surface area contributed by atoms with Crippen molar-refractivity contribution in [3.05, 3.63) is 60.6 Å². The van der Waals surface area contributed by atoms with Gasteiger partial charge in [0.25, 0.3) is 0 Å². The molecule has 3 aromatic rings. The largest absolute Gasteiger partial charge is 0.467 e. The summed E-state index contributed by atoms with van der Waals surface area (Å²) in [5.41, 5.74) is 1.99. The number of nitrogens with one attached hydrogen (secondary N) is 2. The topological polar surface area (TPSA) is 63.0 Å². The van der Waals surface area contributed by atoms with Crippen LogP contribution in [0.1, 0.15) is 18.6 Å². The Morgan fingerprint density at radius 1 is 1.04 bits per heavy atom. The Bertz CT molecular complexity index is 767. The van der Waals surface area contributed by atoms with E-state index >= 15 is 0 Å². The highest BCUT2D eigenvalue weighted by Gasteiger charge is 2.22. The van der Waals surface area contributed by atoms with E-state index in [1.165, 1.54) is 12.8 Å². The average molecular weight is 306 g/mol. The van der Waals surface area contributed by atoms with Crippen LogP contribution >= 0.6 is 0 Å². The minimum Gasteiger partial charge on any atom is -0.467 e. The van der Waals surface area contributed by atoms with Crippen molar-refractivity contribution in [1.29, 1.82) is 0 Å². The molecule has 116 valence electrons. The molecule has 1 aliphatic rings. The lowest BCUT2D eigenvalue weighted by Gasteiger charge is -2.10. The van der Waals surface area contributed by atoms with Crippen LogP contribution in [0.25, 0.3) is 11.3 Å². The minimum absolute atomic E-state index is 0.513. The van der Waals surface area contributed by atoms with Crippen LogP contribution in [0.2, 0.25) is 0 Å². The first-order valence-corrected chi connectivity index (χ1v) is 7.84. The van der Waals surface area contributed by atoms with E-state index in [2.05, 4.69) is 32.7 Å². The molecule has 2 N–H and O–H groups in total. The number of hydrogen-bond acceptors (Lipinski definition) is 5. The van der Waals surface area contributed by atoms with Crippen LogP contribution in [0.4, 0.5) is 11.8 Å². The van der Waals surface area contributed by atoms with Crippen LogP contribution in [0, 0.1) is 0 Å². The summed E-state index contributed by atoms with van der Waals surface area (Å²) in [6, 6.07) is 16.4. The lowest BCUT2D eigenvalue weighted by molar-refractivity contribution is 0.518. The van der Waals surface area contributed by atoms with Crippen LogP contribution in [-0.2, 0) is 6.54 Å². The molecule has 5 nitrogen and oxygen atoms in total. The van der Waals surface area contributed by atoms with Crippen molar-refractivity contribution < 1.29 is 4.42 Å². The molecule has 1 aromatic carbocycles. The predicted molar refractivity (Wildman–Crippen MR) is 90.1 cm³/mol. The lowest BCUT2D eigenvalue weighted by atomic mass is 10.1. The number of furan rings is 1. The van der Waals surface area contributed by atoms with Gasteiger partial charge in [-0.05, 0) is 25.0 Å². The molecule has 1 aliphatic carbocycles. The van der Waals surface area contributed by atoms with Crippen molar-refractivity contribution in [2.45, 2.75) is 25.4 Å². The zero-order chi connectivity index (χ0) is 15.5. The summed E-state index contributed by atoms with van der Waals surface area (Å²) >= 11 is 0. The Hall–Kier alpha value is -2.82. The van der Waals surface area contributed by atoms with Crippen molar-refractivity contribution in [2.75, 3.05) is 10.6 Å². The van der Waals surface area contributed by atoms with Gasteiger partial charge in [-0.2, -0.15) is 4.98 Å². The third-order valence-corrected chi connectivity index (χ3v) is 3.73. The molecule has 0 atom stereocenters. The zero-order valence-corrected chi connectivity index (χ0v) is 12.7. The van der Waals surface area contributed by atoms with Crippen molar-refractivity contribution in [3.8, 4) is 11.3 Å². The molecule has 0 spiro atoms. The molecule has 1 fully saturated rings. The van der Waals surface area contributed by atoms with E-state index in [1.54, 1.807) is 6.26 Å². The van der Waals surface area contributed by atoms with Crippen LogP contribution in [0.3, 0.4) is 0 Å². The molecule has 0 radical (unpaired) electrons. The normalized spacial score (nSPS) is 13.7. The van der Waals surface area contributed by atoms with Gasteiger partial charge in [-0.1, -0.05) is 30.3 Å². The highest BCUT2D eigenvalue weighted by Crippen LogP contribution is 2.26. The van der Waals surface area contributed by atoms with Gasteiger partial charge in [-0.3, -0.25) is 0 Å². The van der Waals surface area contributed by atoms with E-state index in [9.17, 15) is 0 Å². The second-order valence-corrected chi connectivity index (χ2v) is 5.68. The summed E-state index contributed by atoms with van der Waals surface area (Å²) in [5.74, 6) is 2.34. The third kappa shape index (κ3) is 3.51. The van der Waals surface area contributed by atoms with Gasteiger partial charge in [0.2, 0.25) is 5.95 Å². The molecule has 0 saturated heterocycles. The molecule has 0 aliphatic heterocycles. The molecular weight excluding hydrogens is 288 g/mol. The second-order valence-electron chi connectivity index (χ2n) is 5.68. The molecule has 5 heteroatoms. The standard InChI is InChI=1S/C18H18N4O/c1-2-5-13(6-3-1)16-11-17(19-12-15-7-4-10-23-15)22-18(21-16)20-14-8-9-14/h1-7,10-11,14H,8-9,12H2,(H2,19,20,21,22). The molecule has 0 unspecified atom stereocenters. The Kier molecular flexibility index (Phi) is 3.68. The van der Waals surface area contributed by atoms with Crippen molar-refractivity contribution in [1.82, 2.24) is 9.97 Å². The molecule has 0 amide bonds. The number of rotatable bonds is 6. The summed E-state index contributed by atoms with van der Waals surface area (Å²) < 4.78 is 5.35. The maximum Gasteiger partial charge on any atom is 0.225 e. The van der Waals surface area contributed by atoms with E-state index in [-0.39, 0.29) is 0 Å². The smallest absolute Gasteiger partial charge is 0.225 e. The molecular formula is C18H18N4O. The fourth-order valence-corrected chi connectivity index (χ4v) is 2.36. The molecule has 23 heavy (non-hydrogen) atoms. The van der Waals surface area contributed by atoms with Crippen LogP contribution in [0.5, 0.6) is 0 Å². The lowest BCUT2D eigenvalue weighted by Crippen LogP contribution is -2.09. The highest BCUT2D eigenvalue weighted by atomic mass is 16.3. The van der Waals surface area contributed by atoms with Crippen molar-refractivity contribution in [3.63, 3.8) is 0 Å². The summed E-state index contributed by atoms with van der Waals surface area (Å²) in [4.78, 5) is 9.21.